The zero-order valence-electron chi connectivity index (χ0n) is 28.6. The summed E-state index contributed by atoms with van der Waals surface area (Å²) in [6.45, 7) is 21.2. The third-order valence-electron chi connectivity index (χ3n) is 9.80. The molecular formula is C36H53FN6O3. The number of halogens is 1. The minimum Gasteiger partial charge on any atom is -0.473 e. The molecule has 9 nitrogen and oxygen atoms in total. The SMILES string of the molecule is CCN(C(=O)c1cc(F)ccc1-c1cc(OC2CN(C(CCCN3CCN(CCO)CC3)C(C)C)C2)n2c(C)cncc12)C(C)C. The number of hydrogen-bond donors (Lipinski definition) is 1. The van der Waals surface area contributed by atoms with Gasteiger partial charge in [0.1, 0.15) is 11.9 Å². The second kappa shape index (κ2) is 15.2. The fourth-order valence-corrected chi connectivity index (χ4v) is 7.22. The third-order valence-corrected chi connectivity index (χ3v) is 9.80. The number of carbonyl (C=O) groups is 1. The Labute approximate surface area is 273 Å². The molecule has 252 valence electrons. The minimum absolute atomic E-state index is 0.00783. The summed E-state index contributed by atoms with van der Waals surface area (Å²) in [6, 6.07) is 6.96. The molecule has 46 heavy (non-hydrogen) atoms. The van der Waals surface area contributed by atoms with Crippen LogP contribution in [0, 0.1) is 18.7 Å². The van der Waals surface area contributed by atoms with Crippen LogP contribution in [-0.2, 0) is 0 Å². The van der Waals surface area contributed by atoms with Gasteiger partial charge in [0.05, 0.1) is 23.9 Å². The van der Waals surface area contributed by atoms with Gasteiger partial charge < -0.3 is 19.6 Å². The number of ether oxygens (including phenoxy) is 1. The summed E-state index contributed by atoms with van der Waals surface area (Å²) in [5.41, 5.74) is 3.59. The van der Waals surface area contributed by atoms with E-state index in [2.05, 4.69) is 37.9 Å². The van der Waals surface area contributed by atoms with Gasteiger partial charge >= 0.3 is 0 Å². The van der Waals surface area contributed by atoms with Crippen molar-refractivity contribution in [2.75, 3.05) is 65.5 Å². The molecule has 0 saturated carbocycles. The van der Waals surface area contributed by atoms with Crippen LogP contribution in [0.2, 0.25) is 0 Å². The number of benzene rings is 1. The normalized spacial score (nSPS) is 17.6. The number of aliphatic hydroxyl groups excluding tert-OH is 1. The van der Waals surface area contributed by atoms with E-state index in [1.165, 1.54) is 18.6 Å². The number of nitrogens with zero attached hydrogens (tertiary/aromatic N) is 6. The first-order chi connectivity index (χ1) is 22.1. The number of rotatable bonds is 14. The van der Waals surface area contributed by atoms with E-state index in [0.29, 0.717) is 29.6 Å². The van der Waals surface area contributed by atoms with Gasteiger partial charge in [-0.3, -0.25) is 24.0 Å². The fourth-order valence-electron chi connectivity index (χ4n) is 7.22. The van der Waals surface area contributed by atoms with Crippen LogP contribution < -0.4 is 4.74 Å². The Bertz CT molecular complexity index is 1460. The molecule has 5 rings (SSSR count). The van der Waals surface area contributed by atoms with E-state index in [0.717, 1.165) is 81.4 Å². The van der Waals surface area contributed by atoms with Gasteiger partial charge in [0.25, 0.3) is 5.91 Å². The summed E-state index contributed by atoms with van der Waals surface area (Å²) in [7, 11) is 0. The zero-order valence-corrected chi connectivity index (χ0v) is 28.6. The van der Waals surface area contributed by atoms with Gasteiger partial charge in [0, 0.05) is 88.0 Å². The van der Waals surface area contributed by atoms with E-state index < -0.39 is 5.82 Å². The van der Waals surface area contributed by atoms with Gasteiger partial charge in [-0.25, -0.2) is 4.39 Å². The first-order valence-corrected chi connectivity index (χ1v) is 17.1. The first kappa shape index (κ1) is 34.3. The summed E-state index contributed by atoms with van der Waals surface area (Å²) < 4.78 is 23.3. The van der Waals surface area contributed by atoms with Crippen LogP contribution in [0.5, 0.6) is 5.88 Å². The monoisotopic (exact) mass is 636 g/mol. The van der Waals surface area contributed by atoms with Crippen molar-refractivity contribution in [1.29, 1.82) is 0 Å². The van der Waals surface area contributed by atoms with Gasteiger partial charge in [0.15, 0.2) is 5.88 Å². The molecule has 4 heterocycles. The lowest BCUT2D eigenvalue weighted by molar-refractivity contribution is -0.0277. The number of aryl methyl sites for hydroxylation is 1. The molecule has 0 aliphatic carbocycles. The Balaban J connectivity index is 1.28. The summed E-state index contributed by atoms with van der Waals surface area (Å²) in [5, 5.41) is 9.21. The lowest BCUT2D eigenvalue weighted by Crippen LogP contribution is -2.59. The Morgan fingerprint density at radius 1 is 1.04 bits per heavy atom. The lowest BCUT2D eigenvalue weighted by Gasteiger charge is -2.45. The van der Waals surface area contributed by atoms with Crippen molar-refractivity contribution < 1.29 is 19.0 Å². The van der Waals surface area contributed by atoms with Crippen molar-refractivity contribution in [3.63, 3.8) is 0 Å². The maximum Gasteiger partial charge on any atom is 0.254 e. The molecule has 0 bridgehead atoms. The average molecular weight is 637 g/mol. The lowest BCUT2D eigenvalue weighted by atomic mass is 9.93. The Kier molecular flexibility index (Phi) is 11.4. The fraction of sp³-hybridized carbons (Fsp3) is 0.611. The molecule has 1 amide bonds. The molecule has 0 radical (unpaired) electrons. The molecule has 1 unspecified atom stereocenters. The summed E-state index contributed by atoms with van der Waals surface area (Å²) in [6.07, 6.45) is 6.00. The van der Waals surface area contributed by atoms with Crippen LogP contribution in [-0.4, -0.2) is 124 Å². The molecule has 2 aromatic heterocycles. The first-order valence-electron chi connectivity index (χ1n) is 17.1. The molecule has 1 N–H and O–H groups in total. The number of hydrogen-bond acceptors (Lipinski definition) is 7. The van der Waals surface area contributed by atoms with Gasteiger partial charge in [0.2, 0.25) is 0 Å². The van der Waals surface area contributed by atoms with Crippen LogP contribution in [0.25, 0.3) is 16.6 Å². The van der Waals surface area contributed by atoms with E-state index >= 15 is 0 Å². The van der Waals surface area contributed by atoms with E-state index in [1.54, 1.807) is 17.2 Å². The Hall–Kier alpha value is -3.05. The molecule has 10 heteroatoms. The van der Waals surface area contributed by atoms with E-state index in [9.17, 15) is 14.3 Å². The van der Waals surface area contributed by atoms with E-state index in [-0.39, 0.29) is 24.7 Å². The van der Waals surface area contributed by atoms with Gasteiger partial charge in [-0.05, 0) is 70.7 Å². The molecule has 1 atom stereocenters. The second-order valence-corrected chi connectivity index (χ2v) is 13.6. The number of likely N-dealkylation sites (tertiary alicyclic amines) is 1. The smallest absolute Gasteiger partial charge is 0.254 e. The van der Waals surface area contributed by atoms with Crippen LogP contribution in [0.3, 0.4) is 0 Å². The number of aromatic nitrogens is 2. The Morgan fingerprint density at radius 2 is 1.74 bits per heavy atom. The highest BCUT2D eigenvalue weighted by atomic mass is 19.1. The number of amides is 1. The molecule has 2 saturated heterocycles. The molecule has 2 fully saturated rings. The largest absolute Gasteiger partial charge is 0.473 e. The summed E-state index contributed by atoms with van der Waals surface area (Å²) >= 11 is 0. The van der Waals surface area contributed by atoms with E-state index in [4.69, 9.17) is 4.74 Å². The predicted octanol–water partition coefficient (Wildman–Crippen LogP) is 4.80. The quantitative estimate of drug-likeness (QED) is 0.273. The van der Waals surface area contributed by atoms with Gasteiger partial charge in [-0.15, -0.1) is 0 Å². The number of fused-ring (bicyclic) bond motifs is 1. The predicted molar refractivity (Wildman–Crippen MR) is 181 cm³/mol. The second-order valence-electron chi connectivity index (χ2n) is 13.6. The highest BCUT2D eigenvalue weighted by Gasteiger charge is 2.36. The van der Waals surface area contributed by atoms with Crippen LogP contribution in [0.1, 0.15) is 63.5 Å². The maximum absolute atomic E-state index is 14.5. The summed E-state index contributed by atoms with van der Waals surface area (Å²) in [4.78, 5) is 27.3. The average Bonchev–Trinajstić information content (AvgIpc) is 3.37. The van der Waals surface area contributed by atoms with Crippen molar-refractivity contribution in [3.05, 3.63) is 53.7 Å². The van der Waals surface area contributed by atoms with Crippen LogP contribution >= 0.6 is 0 Å². The van der Waals surface area contributed by atoms with Crippen molar-refractivity contribution in [3.8, 4) is 17.0 Å². The number of aliphatic hydroxyl groups is 1. The summed E-state index contributed by atoms with van der Waals surface area (Å²) in [5.74, 6) is 0.651. The van der Waals surface area contributed by atoms with Crippen LogP contribution in [0.15, 0.2) is 36.7 Å². The maximum atomic E-state index is 14.5. The standard InChI is InChI=1S/C36H53FN6O3/c1-7-42(26(4)5)36(45)32-19-28(37)10-11-30(32)31-20-35(43-27(6)21-38-22-34(31)43)46-29-23-41(24-29)33(25(2)3)9-8-12-39-13-15-40(16-14-39)17-18-44/h10-11,19-22,25-26,29,33,44H,7-9,12-18,23-24H2,1-6H3. The molecule has 2 aliphatic heterocycles. The molecule has 3 aromatic rings. The third kappa shape index (κ3) is 7.56. The number of carbonyl (C=O) groups excluding carboxylic acids is 1. The minimum atomic E-state index is -0.434. The van der Waals surface area contributed by atoms with Crippen molar-refractivity contribution >= 4 is 11.4 Å². The molecule has 1 aromatic carbocycles. The molecule has 2 aliphatic rings. The number of β-amino-alcohol motifs (C(OH)–C–C–N with tert-alkyl or cyclic N) is 1. The molecular weight excluding hydrogens is 583 g/mol. The Morgan fingerprint density at radius 3 is 2.37 bits per heavy atom. The number of piperazine rings is 1. The van der Waals surface area contributed by atoms with Gasteiger partial charge in [-0.1, -0.05) is 19.9 Å². The highest BCUT2D eigenvalue weighted by molar-refractivity contribution is 6.03. The van der Waals surface area contributed by atoms with Crippen molar-refractivity contribution in [1.82, 2.24) is 29.0 Å². The van der Waals surface area contributed by atoms with Crippen LogP contribution in [0.4, 0.5) is 4.39 Å². The molecule has 0 spiro atoms. The highest BCUT2D eigenvalue weighted by Crippen LogP contribution is 2.37. The topological polar surface area (TPSA) is 76.8 Å². The van der Waals surface area contributed by atoms with Gasteiger partial charge in [-0.2, -0.15) is 0 Å². The van der Waals surface area contributed by atoms with E-state index in [1.807, 2.05) is 40.0 Å². The van der Waals surface area contributed by atoms with Crippen molar-refractivity contribution in [2.45, 2.75) is 72.6 Å². The van der Waals surface area contributed by atoms with Crippen molar-refractivity contribution in [2.24, 2.45) is 5.92 Å². The zero-order chi connectivity index (χ0) is 33.0.